The number of nitrogens with zero attached hydrogens (tertiary/aromatic N) is 3. The number of para-hydroxylation sites is 2. The van der Waals surface area contributed by atoms with Gasteiger partial charge in [0.05, 0.1) is 28.8 Å². The third-order valence-electron chi connectivity index (χ3n) is 3.59. The number of aromatic nitrogens is 2. The lowest BCUT2D eigenvalue weighted by atomic mass is 10.2. The maximum atomic E-state index is 13.3. The van der Waals surface area contributed by atoms with Crippen molar-refractivity contribution >= 4 is 22.8 Å². The van der Waals surface area contributed by atoms with Crippen molar-refractivity contribution in [1.82, 2.24) is 9.55 Å². The highest BCUT2D eigenvalue weighted by Crippen LogP contribution is 2.29. The Labute approximate surface area is 152 Å². The number of halogens is 2. The first-order chi connectivity index (χ1) is 12.6. The van der Waals surface area contributed by atoms with Crippen LogP contribution in [0.1, 0.15) is 12.1 Å². The van der Waals surface area contributed by atoms with Crippen molar-refractivity contribution in [1.29, 1.82) is 5.26 Å². The average Bonchev–Trinajstić information content (AvgIpc) is 3.03. The summed E-state index contributed by atoms with van der Waals surface area (Å²) in [4.78, 5) is 4.21. The molecule has 3 aromatic rings. The van der Waals surface area contributed by atoms with Crippen LogP contribution in [0.25, 0.3) is 11.0 Å². The molecule has 2 aromatic carbocycles. The van der Waals surface area contributed by atoms with Crippen molar-refractivity contribution in [3.63, 3.8) is 0 Å². The zero-order valence-corrected chi connectivity index (χ0v) is 14.4. The van der Waals surface area contributed by atoms with Crippen LogP contribution in [-0.4, -0.2) is 33.1 Å². The van der Waals surface area contributed by atoms with Gasteiger partial charge in [-0.3, -0.25) is 4.57 Å². The van der Waals surface area contributed by atoms with Gasteiger partial charge in [-0.2, -0.15) is 14.0 Å². The fourth-order valence-corrected chi connectivity index (χ4v) is 3.27. The highest BCUT2D eigenvalue weighted by molar-refractivity contribution is 7.99. The van der Waals surface area contributed by atoms with Crippen molar-refractivity contribution in [2.24, 2.45) is 0 Å². The molecule has 26 heavy (non-hydrogen) atoms. The molecule has 3 rings (SSSR count). The molecule has 1 aromatic heterocycles. The summed E-state index contributed by atoms with van der Waals surface area (Å²) < 4.78 is 33.0. The first kappa shape index (κ1) is 18.2. The lowest BCUT2D eigenvalue weighted by Crippen LogP contribution is -2.20. The van der Waals surface area contributed by atoms with E-state index in [1.165, 1.54) is 0 Å². The topological polar surface area (TPSA) is 71.1 Å². The van der Waals surface area contributed by atoms with Gasteiger partial charge in [-0.25, -0.2) is 4.98 Å². The molecule has 0 radical (unpaired) electrons. The summed E-state index contributed by atoms with van der Waals surface area (Å²) in [5.74, 6) is 0.680. The quantitative estimate of drug-likeness (QED) is 0.636. The third kappa shape index (κ3) is 4.12. The number of nitriles is 1. The molecule has 0 fully saturated rings. The van der Waals surface area contributed by atoms with E-state index in [0.29, 0.717) is 22.3 Å². The zero-order valence-electron chi connectivity index (χ0n) is 13.5. The molecular formula is C18H15F2N3O2S. The summed E-state index contributed by atoms with van der Waals surface area (Å²) in [6, 6.07) is 15.2. The van der Waals surface area contributed by atoms with Crippen LogP contribution in [-0.2, 0) is 0 Å². The van der Waals surface area contributed by atoms with Crippen LogP contribution in [0, 0.1) is 11.3 Å². The Hall–Kier alpha value is -2.63. The lowest BCUT2D eigenvalue weighted by Gasteiger charge is -2.12. The summed E-state index contributed by atoms with van der Waals surface area (Å²) in [6.07, 6.45) is -0.860. The van der Waals surface area contributed by atoms with Crippen molar-refractivity contribution < 1.29 is 18.6 Å². The van der Waals surface area contributed by atoms with Gasteiger partial charge in [0, 0.05) is 5.75 Å². The van der Waals surface area contributed by atoms with Crippen LogP contribution in [0.3, 0.4) is 0 Å². The number of aliphatic hydroxyl groups is 1. The van der Waals surface area contributed by atoms with Gasteiger partial charge in [0.2, 0.25) is 0 Å². The molecule has 5 nitrogen and oxygen atoms in total. The minimum absolute atomic E-state index is 0.00775. The number of aliphatic hydroxyl groups excluding tert-OH is 1. The summed E-state index contributed by atoms with van der Waals surface area (Å²) in [7, 11) is 0. The first-order valence-electron chi connectivity index (χ1n) is 7.77. The van der Waals surface area contributed by atoms with E-state index >= 15 is 0 Å². The van der Waals surface area contributed by atoms with E-state index in [1.54, 1.807) is 48.5 Å². The molecule has 0 amide bonds. The predicted octanol–water partition coefficient (Wildman–Crippen LogP) is 3.84. The highest BCUT2D eigenvalue weighted by Gasteiger charge is 2.19. The molecule has 0 saturated carbocycles. The summed E-state index contributed by atoms with van der Waals surface area (Å²) in [6.45, 7) is -2.70. The molecule has 0 aliphatic heterocycles. The van der Waals surface area contributed by atoms with Crippen LogP contribution < -0.4 is 4.74 Å². The van der Waals surface area contributed by atoms with Crippen LogP contribution in [0.2, 0.25) is 0 Å². The number of alkyl halides is 2. The van der Waals surface area contributed by atoms with Crippen LogP contribution in [0.4, 0.5) is 8.78 Å². The van der Waals surface area contributed by atoms with Crippen molar-refractivity contribution in [2.45, 2.75) is 17.8 Å². The van der Waals surface area contributed by atoms with Gasteiger partial charge in [0.1, 0.15) is 12.4 Å². The van der Waals surface area contributed by atoms with Crippen LogP contribution in [0.15, 0.2) is 53.7 Å². The molecule has 1 heterocycles. The Kier molecular flexibility index (Phi) is 5.71. The maximum absolute atomic E-state index is 13.3. The second-order valence-corrected chi connectivity index (χ2v) is 6.43. The Morgan fingerprint density at radius 2 is 1.92 bits per heavy atom. The molecule has 1 atom stereocenters. The number of imidazole rings is 1. The molecule has 1 N–H and O–H groups in total. The molecule has 0 saturated heterocycles. The van der Waals surface area contributed by atoms with Gasteiger partial charge in [-0.1, -0.05) is 23.9 Å². The minimum atomic E-state index is -2.71. The summed E-state index contributed by atoms with van der Waals surface area (Å²) >= 11 is 1.05. The second kappa shape index (κ2) is 8.17. The molecule has 134 valence electrons. The molecular weight excluding hydrogens is 360 g/mol. The number of ether oxygens (including phenoxy) is 1. The van der Waals surface area contributed by atoms with Crippen LogP contribution in [0.5, 0.6) is 5.75 Å². The third-order valence-corrected chi connectivity index (χ3v) is 4.69. The molecule has 0 spiro atoms. The highest BCUT2D eigenvalue weighted by atomic mass is 32.2. The second-order valence-electron chi connectivity index (χ2n) is 5.44. The van der Waals surface area contributed by atoms with Gasteiger partial charge >= 0.3 is 6.55 Å². The minimum Gasteiger partial charge on any atom is -0.491 e. The number of rotatable bonds is 7. The molecule has 0 aliphatic rings. The number of hydrogen-bond donors (Lipinski definition) is 1. The number of fused-ring (bicyclic) bond motifs is 1. The molecule has 1 unspecified atom stereocenters. The van der Waals surface area contributed by atoms with Gasteiger partial charge in [0.25, 0.3) is 0 Å². The number of thioether (sulfide) groups is 1. The molecule has 8 heteroatoms. The Balaban J connectivity index is 1.60. The first-order valence-corrected chi connectivity index (χ1v) is 8.76. The fourth-order valence-electron chi connectivity index (χ4n) is 2.35. The van der Waals surface area contributed by atoms with Gasteiger partial charge in [-0.05, 0) is 36.4 Å². The van der Waals surface area contributed by atoms with E-state index in [-0.39, 0.29) is 17.5 Å². The monoisotopic (exact) mass is 375 g/mol. The van der Waals surface area contributed by atoms with E-state index in [9.17, 15) is 13.9 Å². The fraction of sp³-hybridized carbons (Fsp3) is 0.222. The van der Waals surface area contributed by atoms with Crippen LogP contribution >= 0.6 is 11.8 Å². The Bertz CT molecular complexity index is 922. The van der Waals surface area contributed by atoms with Crippen molar-refractivity contribution in [3.05, 3.63) is 54.1 Å². The van der Waals surface area contributed by atoms with Crippen molar-refractivity contribution in [3.8, 4) is 11.8 Å². The number of hydrogen-bond acceptors (Lipinski definition) is 5. The lowest BCUT2D eigenvalue weighted by molar-refractivity contribution is 0.0655. The normalized spacial score (nSPS) is 12.3. The van der Waals surface area contributed by atoms with Gasteiger partial charge in [-0.15, -0.1) is 0 Å². The maximum Gasteiger partial charge on any atom is 0.321 e. The summed E-state index contributed by atoms with van der Waals surface area (Å²) in [5, 5.41) is 18.9. The Morgan fingerprint density at radius 3 is 2.62 bits per heavy atom. The smallest absolute Gasteiger partial charge is 0.321 e. The van der Waals surface area contributed by atoms with Gasteiger partial charge < -0.3 is 9.84 Å². The predicted molar refractivity (Wildman–Crippen MR) is 94.4 cm³/mol. The van der Waals surface area contributed by atoms with E-state index in [0.717, 1.165) is 16.3 Å². The van der Waals surface area contributed by atoms with E-state index < -0.39 is 12.7 Å². The van der Waals surface area contributed by atoms with Gasteiger partial charge in [0.15, 0.2) is 5.16 Å². The van der Waals surface area contributed by atoms with E-state index in [1.807, 2.05) is 6.07 Å². The standard InChI is InChI=1S/C18H15F2N3O2S/c19-17(20)23-16-4-2-1-3-15(16)22-18(23)26-11-13(24)10-25-14-7-5-12(9-21)6-8-14/h1-8,13,17,24H,10-11H2. The SMILES string of the molecule is N#Cc1ccc(OCC(O)CSc2nc3ccccc3n2C(F)F)cc1. The molecule has 0 bridgehead atoms. The Morgan fingerprint density at radius 1 is 1.19 bits per heavy atom. The largest absolute Gasteiger partial charge is 0.491 e. The van der Waals surface area contributed by atoms with E-state index in [4.69, 9.17) is 10.00 Å². The summed E-state index contributed by atoms with van der Waals surface area (Å²) in [5.41, 5.74) is 1.35. The zero-order chi connectivity index (χ0) is 18.5. The van der Waals surface area contributed by atoms with E-state index in [2.05, 4.69) is 4.98 Å². The molecule has 0 aliphatic carbocycles. The average molecular weight is 375 g/mol. The van der Waals surface area contributed by atoms with Crippen molar-refractivity contribution in [2.75, 3.05) is 12.4 Å². The number of benzene rings is 2.